The van der Waals surface area contributed by atoms with Gasteiger partial charge < -0.3 is 29.2 Å². The molecule has 5 rings (SSSR count). The van der Waals surface area contributed by atoms with Crippen molar-refractivity contribution in [2.75, 3.05) is 80.8 Å². The van der Waals surface area contributed by atoms with Gasteiger partial charge in [-0.2, -0.15) is 10.2 Å². The van der Waals surface area contributed by atoms with Gasteiger partial charge in [-0.05, 0) is 166 Å². The molecule has 3 heterocycles. The van der Waals surface area contributed by atoms with Crippen LogP contribution in [0.15, 0.2) is 73.1 Å². The van der Waals surface area contributed by atoms with Crippen molar-refractivity contribution < 1.29 is 29.2 Å². The first-order valence-corrected chi connectivity index (χ1v) is 31.5. The van der Waals surface area contributed by atoms with Crippen LogP contribution in [0.3, 0.4) is 0 Å². The molecule has 0 amide bonds. The van der Waals surface area contributed by atoms with Crippen molar-refractivity contribution >= 4 is 0 Å². The molecular weight excluding hydrogens is 1020 g/mol. The van der Waals surface area contributed by atoms with Crippen LogP contribution in [-0.4, -0.2) is 190 Å². The summed E-state index contributed by atoms with van der Waals surface area (Å²) in [5.41, 5.74) is 5.28. The van der Waals surface area contributed by atoms with E-state index in [1.165, 1.54) is 22.3 Å². The minimum Gasteiger partial charge on any atom is -0.390 e. The fraction of sp³-hybridized carbons (Fsp3) is 0.735. The van der Waals surface area contributed by atoms with Gasteiger partial charge in [-0.25, -0.2) is 0 Å². The van der Waals surface area contributed by atoms with Crippen molar-refractivity contribution in [3.63, 3.8) is 0 Å². The minimum atomic E-state index is -0.808. The van der Waals surface area contributed by atoms with Gasteiger partial charge in [0.1, 0.15) is 0 Å². The normalized spacial score (nSPS) is 24.5. The molecule has 1 fully saturated rings. The Morgan fingerprint density at radius 1 is 0.439 bits per heavy atom. The molecule has 4 aromatic rings. The number of rotatable bonds is 20. The van der Waals surface area contributed by atoms with E-state index in [-0.39, 0.29) is 48.6 Å². The SMILES string of the molecule is CC(C)CC1CO[C@H](C)CN(C)[C@@H](CC(C)C)CO[C@H](Cc2ccc(Cn3nccc3CC(C)(C)O)cc2)CN(C)[C@@H](CC(C)C)CO[C@H](C)CN(C)[C@@H](CC(C)C)CO[C@H](Cc2ccc(Cn3nccc3CC(C)(C)O)cc2)CN1C. The monoisotopic (exact) mass is 1140 g/mol. The second-order valence-electron chi connectivity index (χ2n) is 28.1. The molecule has 1 saturated heterocycles. The molecule has 2 N–H and O–H groups in total. The molecule has 8 atom stereocenters. The van der Waals surface area contributed by atoms with E-state index in [1.807, 2.05) is 61.6 Å². The minimum absolute atomic E-state index is 0.0201. The van der Waals surface area contributed by atoms with Crippen LogP contribution in [0.25, 0.3) is 0 Å². The van der Waals surface area contributed by atoms with E-state index < -0.39 is 11.2 Å². The molecule has 14 heteroatoms. The average Bonchev–Trinajstić information content (AvgIpc) is 4.02. The molecule has 464 valence electrons. The van der Waals surface area contributed by atoms with Gasteiger partial charge in [0.15, 0.2) is 0 Å². The fourth-order valence-electron chi connectivity index (χ4n) is 11.9. The molecule has 1 aliphatic heterocycles. The van der Waals surface area contributed by atoms with E-state index in [4.69, 9.17) is 18.9 Å². The van der Waals surface area contributed by atoms with Gasteiger partial charge in [0.2, 0.25) is 0 Å². The summed E-state index contributed by atoms with van der Waals surface area (Å²) < 4.78 is 32.3. The summed E-state index contributed by atoms with van der Waals surface area (Å²) in [5, 5.41) is 30.3. The smallest absolute Gasteiger partial charge is 0.0743 e. The largest absolute Gasteiger partial charge is 0.390 e. The highest BCUT2D eigenvalue weighted by molar-refractivity contribution is 5.25. The summed E-state index contributed by atoms with van der Waals surface area (Å²) in [6, 6.07) is 22.8. The maximum atomic E-state index is 10.6. The molecule has 1 aliphatic rings. The van der Waals surface area contributed by atoms with Gasteiger partial charge in [0, 0.05) is 87.0 Å². The van der Waals surface area contributed by atoms with Crippen LogP contribution in [-0.2, 0) is 57.7 Å². The Balaban J connectivity index is 1.41. The zero-order valence-electron chi connectivity index (χ0n) is 54.7. The molecule has 14 nitrogen and oxygen atoms in total. The Kier molecular flexibility index (Phi) is 28.2. The van der Waals surface area contributed by atoms with Gasteiger partial charge in [-0.1, -0.05) is 104 Å². The number of nitrogens with zero attached hydrogens (tertiary/aromatic N) is 8. The van der Waals surface area contributed by atoms with E-state index >= 15 is 0 Å². The van der Waals surface area contributed by atoms with Crippen molar-refractivity contribution in [1.29, 1.82) is 0 Å². The number of ether oxygens (including phenoxy) is 4. The summed E-state index contributed by atoms with van der Waals surface area (Å²) in [6.07, 6.45) is 10.4. The molecule has 1 unspecified atom stereocenters. The van der Waals surface area contributed by atoms with Crippen molar-refractivity contribution in [3.8, 4) is 0 Å². The third kappa shape index (κ3) is 25.6. The Bertz CT molecular complexity index is 2180. The second kappa shape index (κ2) is 33.4. The highest BCUT2D eigenvalue weighted by atomic mass is 16.5. The van der Waals surface area contributed by atoms with Gasteiger partial charge >= 0.3 is 0 Å². The van der Waals surface area contributed by atoms with Crippen LogP contribution in [0.5, 0.6) is 0 Å². The van der Waals surface area contributed by atoms with E-state index in [0.29, 0.717) is 76.0 Å². The quantitative estimate of drug-likeness (QED) is 0.0875. The lowest BCUT2D eigenvalue weighted by molar-refractivity contribution is -0.0536. The van der Waals surface area contributed by atoms with Gasteiger partial charge in [0.25, 0.3) is 0 Å². The molecule has 82 heavy (non-hydrogen) atoms. The lowest BCUT2D eigenvalue weighted by atomic mass is 10.0. The standard InChI is InChI=1S/C68H116N8O6/c1-49(2)31-61-45-79-53(9)39-71(15)64(34-52(7)8)48-82-66(36-56-21-25-58(26-22-56)42-76-60(28-30-70-76)38-68(13,14)78)44-74(18)62(32-50(3)4)46-80-54(10)40-72(16)63(33-51(5)6)47-81-65(43-73(61)17)35-55-19-23-57(24-20-55)41-75-59(27-29-69-75)37-67(11,12)77/h19-30,49-54,61-66,77-78H,31-48H2,1-18H3/t53-,54-,61+,62?,63+,64+,65-,66-/m1/s1. The first kappa shape index (κ1) is 69.2. The van der Waals surface area contributed by atoms with E-state index in [9.17, 15) is 10.2 Å². The average molecular weight is 1140 g/mol. The Morgan fingerprint density at radius 2 is 0.720 bits per heavy atom. The third-order valence-corrected chi connectivity index (χ3v) is 16.2. The summed E-state index contributed by atoms with van der Waals surface area (Å²) in [7, 11) is 9.05. The molecule has 2 aromatic heterocycles. The highest BCUT2D eigenvalue weighted by Gasteiger charge is 2.29. The summed E-state index contributed by atoms with van der Waals surface area (Å²) >= 11 is 0. The fourth-order valence-corrected chi connectivity index (χ4v) is 11.9. The lowest BCUT2D eigenvalue weighted by Gasteiger charge is -2.37. The van der Waals surface area contributed by atoms with Crippen molar-refractivity contribution in [2.45, 2.75) is 221 Å². The van der Waals surface area contributed by atoms with Gasteiger partial charge in [-0.15, -0.1) is 0 Å². The Morgan fingerprint density at radius 3 is 1.01 bits per heavy atom. The van der Waals surface area contributed by atoms with Crippen LogP contribution >= 0.6 is 0 Å². The number of hydrogen-bond donors (Lipinski definition) is 2. The van der Waals surface area contributed by atoms with Crippen molar-refractivity contribution in [2.24, 2.45) is 23.7 Å². The Hall–Kier alpha value is -3.54. The number of likely N-dealkylation sites (N-methyl/N-ethyl adjacent to an activating group) is 4. The molecule has 0 bridgehead atoms. The van der Waals surface area contributed by atoms with Gasteiger partial charge in [0.05, 0.1) is 75.1 Å². The summed E-state index contributed by atoms with van der Waals surface area (Å²) in [6.45, 7) is 37.4. The van der Waals surface area contributed by atoms with Crippen LogP contribution in [0, 0.1) is 23.7 Å². The molecule has 0 spiro atoms. The predicted molar refractivity (Wildman–Crippen MR) is 337 cm³/mol. The highest BCUT2D eigenvalue weighted by Crippen LogP contribution is 2.23. The first-order valence-electron chi connectivity index (χ1n) is 31.5. The Labute approximate surface area is 498 Å². The number of aliphatic hydroxyl groups is 2. The second-order valence-corrected chi connectivity index (χ2v) is 28.1. The first-order chi connectivity index (χ1) is 38.6. The van der Waals surface area contributed by atoms with E-state index in [0.717, 1.165) is 76.1 Å². The maximum Gasteiger partial charge on any atom is 0.0743 e. The van der Waals surface area contributed by atoms with Crippen LogP contribution in [0.1, 0.15) is 156 Å². The summed E-state index contributed by atoms with van der Waals surface area (Å²) in [4.78, 5) is 9.99. The molecule has 0 radical (unpaired) electrons. The maximum absolute atomic E-state index is 10.6. The predicted octanol–water partition coefficient (Wildman–Crippen LogP) is 10.6. The van der Waals surface area contributed by atoms with Crippen LogP contribution < -0.4 is 0 Å². The number of aromatic nitrogens is 4. The third-order valence-electron chi connectivity index (χ3n) is 16.2. The molecule has 0 saturated carbocycles. The molecular formula is C68H116N8O6. The van der Waals surface area contributed by atoms with E-state index in [1.54, 1.807) is 0 Å². The molecule has 2 aromatic carbocycles. The summed E-state index contributed by atoms with van der Waals surface area (Å²) in [5.74, 6) is 1.99. The van der Waals surface area contributed by atoms with Crippen LogP contribution in [0.2, 0.25) is 0 Å². The van der Waals surface area contributed by atoms with Crippen LogP contribution in [0.4, 0.5) is 0 Å². The van der Waals surface area contributed by atoms with Crippen molar-refractivity contribution in [1.82, 2.24) is 39.2 Å². The topological polar surface area (TPSA) is 126 Å². The zero-order chi connectivity index (χ0) is 60.3. The van der Waals surface area contributed by atoms with E-state index in [2.05, 4.69) is 176 Å². The van der Waals surface area contributed by atoms with Crippen molar-refractivity contribution in [3.05, 3.63) is 107 Å². The lowest BCUT2D eigenvalue weighted by Crippen LogP contribution is -2.47. The number of hydrogen-bond acceptors (Lipinski definition) is 12. The number of benzene rings is 2. The van der Waals surface area contributed by atoms with Gasteiger partial charge in [-0.3, -0.25) is 29.0 Å². The zero-order valence-corrected chi connectivity index (χ0v) is 54.7. The molecule has 0 aliphatic carbocycles.